The van der Waals surface area contributed by atoms with E-state index in [0.29, 0.717) is 12.8 Å². The molecule has 0 unspecified atom stereocenters. The van der Waals surface area contributed by atoms with E-state index < -0.39 is 11.9 Å². The highest BCUT2D eigenvalue weighted by molar-refractivity contribution is 5.88. The van der Waals surface area contributed by atoms with E-state index in [1.165, 1.54) is 0 Å². The monoisotopic (exact) mass is 240 g/mol. The van der Waals surface area contributed by atoms with Crippen LogP contribution in [0.1, 0.15) is 39.5 Å². The average molecular weight is 240 g/mol. The Morgan fingerprint density at radius 1 is 1.41 bits per heavy atom. The summed E-state index contributed by atoms with van der Waals surface area (Å²) in [5.41, 5.74) is 5.30. The fourth-order valence-corrected chi connectivity index (χ4v) is 2.08. The van der Waals surface area contributed by atoms with Crippen LogP contribution < -0.4 is 11.1 Å². The molecule has 0 aliphatic heterocycles. The van der Waals surface area contributed by atoms with Gasteiger partial charge >= 0.3 is 0 Å². The largest absolute Gasteiger partial charge is 0.368 e. The van der Waals surface area contributed by atoms with Crippen molar-refractivity contribution in [2.45, 2.75) is 45.6 Å². The lowest BCUT2D eigenvalue weighted by atomic mass is 9.82. The van der Waals surface area contributed by atoms with Crippen LogP contribution in [-0.4, -0.2) is 23.6 Å². The van der Waals surface area contributed by atoms with E-state index in [4.69, 9.17) is 5.73 Å². The third kappa shape index (κ3) is 3.84. The number of rotatable bonds is 4. The number of carbonyl (C=O) groups excluding carboxylic acids is 3. The summed E-state index contributed by atoms with van der Waals surface area (Å²) in [6.45, 7) is 3.50. The maximum Gasteiger partial charge on any atom is 0.240 e. The highest BCUT2D eigenvalue weighted by Crippen LogP contribution is 2.24. The predicted octanol–water partition coefficient (Wildman–Crippen LogP) is 0.372. The number of Topliss-reactive ketones (excluding diaryl/α,β-unsaturated/α-hetero) is 1. The second-order valence-corrected chi connectivity index (χ2v) is 4.94. The number of ketones is 1. The number of amides is 2. The third-order valence-corrected chi connectivity index (χ3v) is 3.12. The summed E-state index contributed by atoms with van der Waals surface area (Å²) in [5.74, 6) is -0.954. The minimum atomic E-state index is -0.714. The Morgan fingerprint density at radius 3 is 2.53 bits per heavy atom. The molecule has 96 valence electrons. The van der Waals surface area contributed by atoms with E-state index in [0.717, 1.165) is 12.8 Å². The number of nitrogens with two attached hydrogens (primary N) is 1. The number of primary amides is 1. The van der Waals surface area contributed by atoms with Gasteiger partial charge in [0.25, 0.3) is 0 Å². The number of hydrogen-bond acceptors (Lipinski definition) is 3. The highest BCUT2D eigenvalue weighted by atomic mass is 16.2. The van der Waals surface area contributed by atoms with Crippen molar-refractivity contribution >= 4 is 17.6 Å². The molecule has 0 heterocycles. The van der Waals surface area contributed by atoms with E-state index >= 15 is 0 Å². The number of carbonyl (C=O) groups is 3. The Morgan fingerprint density at radius 2 is 2.06 bits per heavy atom. The summed E-state index contributed by atoms with van der Waals surface area (Å²) in [4.78, 5) is 34.3. The maximum atomic E-state index is 11.6. The first-order chi connectivity index (χ1) is 7.91. The SMILES string of the molecule is CC(C)C(=O)N[C@@H](C(N)=O)[C@@H]1CCCC(=O)C1. The van der Waals surface area contributed by atoms with Gasteiger partial charge in [0.1, 0.15) is 11.8 Å². The van der Waals surface area contributed by atoms with Gasteiger partial charge in [-0.3, -0.25) is 14.4 Å². The molecule has 0 spiro atoms. The predicted molar refractivity (Wildman–Crippen MR) is 62.9 cm³/mol. The molecule has 1 aliphatic rings. The summed E-state index contributed by atoms with van der Waals surface area (Å²) < 4.78 is 0. The van der Waals surface area contributed by atoms with Crippen molar-refractivity contribution in [3.05, 3.63) is 0 Å². The molecular formula is C12H20N2O3. The zero-order valence-corrected chi connectivity index (χ0v) is 10.4. The van der Waals surface area contributed by atoms with E-state index in [-0.39, 0.29) is 23.5 Å². The van der Waals surface area contributed by atoms with Gasteiger partial charge in [-0.1, -0.05) is 13.8 Å². The zero-order valence-electron chi connectivity index (χ0n) is 10.4. The molecule has 2 amide bonds. The van der Waals surface area contributed by atoms with E-state index in [1.54, 1.807) is 13.8 Å². The number of hydrogen-bond donors (Lipinski definition) is 2. The molecule has 5 heteroatoms. The van der Waals surface area contributed by atoms with Gasteiger partial charge in [-0.05, 0) is 18.8 Å². The van der Waals surface area contributed by atoms with E-state index in [1.807, 2.05) is 0 Å². The standard InChI is InChI=1S/C12H20N2O3/c1-7(2)12(17)14-10(11(13)16)8-4-3-5-9(15)6-8/h7-8,10H,3-6H2,1-2H3,(H2,13,16)(H,14,17)/t8-,10-/m1/s1. The third-order valence-electron chi connectivity index (χ3n) is 3.12. The Bertz CT molecular complexity index is 326. The summed E-state index contributed by atoms with van der Waals surface area (Å²) in [6, 6.07) is -0.714. The van der Waals surface area contributed by atoms with Crippen molar-refractivity contribution in [3.8, 4) is 0 Å². The van der Waals surface area contributed by atoms with Crippen LogP contribution in [-0.2, 0) is 14.4 Å². The van der Waals surface area contributed by atoms with E-state index in [2.05, 4.69) is 5.32 Å². The lowest BCUT2D eigenvalue weighted by molar-refractivity contribution is -0.132. The smallest absolute Gasteiger partial charge is 0.240 e. The van der Waals surface area contributed by atoms with Gasteiger partial charge < -0.3 is 11.1 Å². The first-order valence-electron chi connectivity index (χ1n) is 6.03. The van der Waals surface area contributed by atoms with Crippen LogP contribution in [0.5, 0.6) is 0 Å². The lowest BCUT2D eigenvalue weighted by Crippen LogP contribution is -2.51. The van der Waals surface area contributed by atoms with Gasteiger partial charge in [0.2, 0.25) is 11.8 Å². The molecule has 0 aromatic rings. The molecule has 3 N–H and O–H groups in total. The summed E-state index contributed by atoms with van der Waals surface area (Å²) in [5, 5.41) is 2.64. The van der Waals surface area contributed by atoms with Crippen LogP contribution >= 0.6 is 0 Å². The van der Waals surface area contributed by atoms with Crippen molar-refractivity contribution in [1.82, 2.24) is 5.32 Å². The Balaban J connectivity index is 2.68. The average Bonchev–Trinajstić information content (AvgIpc) is 2.24. The van der Waals surface area contributed by atoms with Gasteiger partial charge in [0, 0.05) is 18.8 Å². The Labute approximate surface area is 101 Å². The summed E-state index contributed by atoms with van der Waals surface area (Å²) in [6.07, 6.45) is 2.44. The van der Waals surface area contributed by atoms with Gasteiger partial charge in [-0.15, -0.1) is 0 Å². The van der Waals surface area contributed by atoms with Gasteiger partial charge in [0.05, 0.1) is 0 Å². The molecule has 17 heavy (non-hydrogen) atoms. The second kappa shape index (κ2) is 5.80. The van der Waals surface area contributed by atoms with Crippen LogP contribution in [0.2, 0.25) is 0 Å². The Kier molecular flexibility index (Phi) is 4.66. The fourth-order valence-electron chi connectivity index (χ4n) is 2.08. The maximum absolute atomic E-state index is 11.6. The van der Waals surface area contributed by atoms with Crippen LogP contribution in [0, 0.1) is 11.8 Å². The van der Waals surface area contributed by atoms with Gasteiger partial charge in [-0.25, -0.2) is 0 Å². The second-order valence-electron chi connectivity index (χ2n) is 4.94. The fraction of sp³-hybridized carbons (Fsp3) is 0.750. The van der Waals surface area contributed by atoms with Gasteiger partial charge in [-0.2, -0.15) is 0 Å². The van der Waals surface area contributed by atoms with Crippen molar-refractivity contribution in [2.24, 2.45) is 17.6 Å². The minimum Gasteiger partial charge on any atom is -0.368 e. The molecule has 2 atom stereocenters. The zero-order chi connectivity index (χ0) is 13.0. The quantitative estimate of drug-likeness (QED) is 0.744. The van der Waals surface area contributed by atoms with Crippen LogP contribution in [0.25, 0.3) is 0 Å². The first-order valence-corrected chi connectivity index (χ1v) is 6.03. The van der Waals surface area contributed by atoms with Crippen molar-refractivity contribution in [3.63, 3.8) is 0 Å². The van der Waals surface area contributed by atoms with Crippen LogP contribution in [0.3, 0.4) is 0 Å². The molecule has 0 radical (unpaired) electrons. The molecule has 0 aromatic carbocycles. The molecule has 1 rings (SSSR count). The molecule has 0 bridgehead atoms. The van der Waals surface area contributed by atoms with Crippen LogP contribution in [0.15, 0.2) is 0 Å². The number of nitrogens with one attached hydrogen (secondary N) is 1. The molecule has 5 nitrogen and oxygen atoms in total. The molecule has 1 aliphatic carbocycles. The molecular weight excluding hydrogens is 220 g/mol. The molecule has 0 aromatic heterocycles. The topological polar surface area (TPSA) is 89.3 Å². The normalized spacial score (nSPS) is 22.3. The summed E-state index contributed by atoms with van der Waals surface area (Å²) in [7, 11) is 0. The van der Waals surface area contributed by atoms with Gasteiger partial charge in [0.15, 0.2) is 0 Å². The minimum absolute atomic E-state index is 0.142. The highest BCUT2D eigenvalue weighted by Gasteiger charge is 2.32. The summed E-state index contributed by atoms with van der Waals surface area (Å²) >= 11 is 0. The molecule has 0 saturated heterocycles. The lowest BCUT2D eigenvalue weighted by Gasteiger charge is -2.28. The van der Waals surface area contributed by atoms with Crippen molar-refractivity contribution in [2.75, 3.05) is 0 Å². The first kappa shape index (κ1) is 13.7. The van der Waals surface area contributed by atoms with Crippen LogP contribution in [0.4, 0.5) is 0 Å². The Hall–Kier alpha value is -1.39. The molecule has 1 saturated carbocycles. The van der Waals surface area contributed by atoms with Crippen molar-refractivity contribution in [1.29, 1.82) is 0 Å². The van der Waals surface area contributed by atoms with Crippen molar-refractivity contribution < 1.29 is 14.4 Å². The molecule has 1 fully saturated rings. The van der Waals surface area contributed by atoms with E-state index in [9.17, 15) is 14.4 Å².